The van der Waals surface area contributed by atoms with Gasteiger partial charge in [0.1, 0.15) is 0 Å². The zero-order valence-corrected chi connectivity index (χ0v) is 8.93. The summed E-state index contributed by atoms with van der Waals surface area (Å²) in [6.45, 7) is 9.26. The third-order valence-electron chi connectivity index (χ3n) is 2.91. The Hall–Kier alpha value is -0.260. The highest BCUT2D eigenvalue weighted by Crippen LogP contribution is 2.42. The van der Waals surface area contributed by atoms with Crippen molar-refractivity contribution >= 4 is 0 Å². The molecule has 0 spiro atoms. The zero-order chi connectivity index (χ0) is 9.19. The summed E-state index contributed by atoms with van der Waals surface area (Å²) < 4.78 is 0. The van der Waals surface area contributed by atoms with Gasteiger partial charge in [-0.15, -0.1) is 0 Å². The van der Waals surface area contributed by atoms with Crippen molar-refractivity contribution in [3.05, 3.63) is 12.2 Å². The molecule has 1 rings (SSSR count). The highest BCUT2D eigenvalue weighted by molar-refractivity contribution is 5.02. The van der Waals surface area contributed by atoms with Gasteiger partial charge in [0, 0.05) is 0 Å². The van der Waals surface area contributed by atoms with E-state index < -0.39 is 0 Å². The first kappa shape index (κ1) is 9.83. The molecule has 2 unspecified atom stereocenters. The lowest BCUT2D eigenvalue weighted by Gasteiger charge is -2.19. The van der Waals surface area contributed by atoms with Crippen LogP contribution in [0.5, 0.6) is 0 Å². The Labute approximate surface area is 77.1 Å². The average Bonchev–Trinajstić information content (AvgIpc) is 2.29. The van der Waals surface area contributed by atoms with E-state index in [1.165, 1.54) is 19.3 Å². The summed E-state index contributed by atoms with van der Waals surface area (Å²) in [5.74, 6) is 1.64. The molecule has 0 aromatic heterocycles. The van der Waals surface area contributed by atoms with Crippen molar-refractivity contribution in [3.63, 3.8) is 0 Å². The molecule has 0 saturated heterocycles. The van der Waals surface area contributed by atoms with Crippen molar-refractivity contribution in [1.82, 2.24) is 0 Å². The number of hydrogen-bond acceptors (Lipinski definition) is 0. The Morgan fingerprint density at radius 1 is 1.42 bits per heavy atom. The van der Waals surface area contributed by atoms with E-state index in [1.54, 1.807) is 0 Å². The molecule has 0 aliphatic heterocycles. The van der Waals surface area contributed by atoms with Gasteiger partial charge in [-0.05, 0) is 36.5 Å². The Morgan fingerprint density at radius 3 is 2.50 bits per heavy atom. The summed E-state index contributed by atoms with van der Waals surface area (Å²) in [5, 5.41) is 0. The van der Waals surface area contributed by atoms with Crippen LogP contribution in [0.15, 0.2) is 12.2 Å². The minimum absolute atomic E-state index is 0.518. The molecule has 1 saturated carbocycles. The van der Waals surface area contributed by atoms with Gasteiger partial charge in [0.25, 0.3) is 0 Å². The fraction of sp³-hybridized carbons (Fsp3) is 0.833. The topological polar surface area (TPSA) is 0 Å². The van der Waals surface area contributed by atoms with E-state index in [0.717, 1.165) is 5.92 Å². The van der Waals surface area contributed by atoms with Crippen LogP contribution in [0.4, 0.5) is 0 Å². The first-order valence-corrected chi connectivity index (χ1v) is 5.21. The molecule has 1 aliphatic rings. The fourth-order valence-electron chi connectivity index (χ4n) is 2.15. The second-order valence-electron chi connectivity index (χ2n) is 5.11. The molecule has 0 radical (unpaired) electrons. The Balaban J connectivity index is 2.50. The molecule has 0 aromatic rings. The molecule has 1 fully saturated rings. The van der Waals surface area contributed by atoms with Gasteiger partial charge in [-0.25, -0.2) is 0 Å². The quantitative estimate of drug-likeness (QED) is 0.543. The maximum absolute atomic E-state index is 2.45. The van der Waals surface area contributed by atoms with Crippen LogP contribution in [0.25, 0.3) is 0 Å². The largest absolute Gasteiger partial charge is 0.0854 e. The smallest absolute Gasteiger partial charge is 0.0144 e. The van der Waals surface area contributed by atoms with Crippen LogP contribution in [0.2, 0.25) is 0 Å². The average molecular weight is 166 g/mol. The van der Waals surface area contributed by atoms with Gasteiger partial charge in [-0.3, -0.25) is 0 Å². The first-order valence-electron chi connectivity index (χ1n) is 5.21. The standard InChI is InChI=1S/C12H22/c1-10(2)5-7-12(4)8-6-11(3)9-12/h5,7,10-11H,6,8-9H2,1-4H3/b7-5+. The van der Waals surface area contributed by atoms with Gasteiger partial charge >= 0.3 is 0 Å². The highest BCUT2D eigenvalue weighted by Gasteiger charge is 2.30. The van der Waals surface area contributed by atoms with Gasteiger partial charge in [-0.1, -0.05) is 39.8 Å². The molecule has 0 heterocycles. The zero-order valence-electron chi connectivity index (χ0n) is 8.93. The molecular formula is C12H22. The van der Waals surface area contributed by atoms with E-state index in [9.17, 15) is 0 Å². The molecule has 0 amide bonds. The fourth-order valence-corrected chi connectivity index (χ4v) is 2.15. The van der Waals surface area contributed by atoms with Crippen LogP contribution in [0, 0.1) is 17.3 Å². The third kappa shape index (κ3) is 2.66. The predicted octanol–water partition coefficient (Wildman–Crippen LogP) is 4.02. The predicted molar refractivity (Wildman–Crippen MR) is 55.1 cm³/mol. The van der Waals surface area contributed by atoms with Crippen molar-refractivity contribution < 1.29 is 0 Å². The molecule has 0 N–H and O–H groups in total. The first-order chi connectivity index (χ1) is 5.52. The van der Waals surface area contributed by atoms with Gasteiger partial charge in [0.15, 0.2) is 0 Å². The Kier molecular flexibility index (Phi) is 2.98. The Morgan fingerprint density at radius 2 is 2.08 bits per heavy atom. The van der Waals surface area contributed by atoms with E-state index in [0.29, 0.717) is 11.3 Å². The van der Waals surface area contributed by atoms with Crippen molar-refractivity contribution in [2.75, 3.05) is 0 Å². The van der Waals surface area contributed by atoms with E-state index in [4.69, 9.17) is 0 Å². The minimum atomic E-state index is 0.518. The van der Waals surface area contributed by atoms with Crippen molar-refractivity contribution in [1.29, 1.82) is 0 Å². The van der Waals surface area contributed by atoms with Crippen LogP contribution in [0.1, 0.15) is 47.0 Å². The molecule has 2 atom stereocenters. The van der Waals surface area contributed by atoms with Crippen LogP contribution in [-0.4, -0.2) is 0 Å². The van der Waals surface area contributed by atoms with Crippen molar-refractivity contribution in [2.45, 2.75) is 47.0 Å². The number of hydrogen-bond donors (Lipinski definition) is 0. The summed E-state index contributed by atoms with van der Waals surface area (Å²) in [6.07, 6.45) is 8.99. The van der Waals surface area contributed by atoms with Crippen molar-refractivity contribution in [3.8, 4) is 0 Å². The van der Waals surface area contributed by atoms with E-state index >= 15 is 0 Å². The maximum Gasteiger partial charge on any atom is -0.0144 e. The third-order valence-corrected chi connectivity index (χ3v) is 2.91. The number of allylic oxidation sites excluding steroid dienone is 2. The molecule has 0 nitrogen and oxygen atoms in total. The van der Waals surface area contributed by atoms with Gasteiger partial charge < -0.3 is 0 Å². The highest BCUT2D eigenvalue weighted by atomic mass is 14.3. The van der Waals surface area contributed by atoms with Crippen LogP contribution in [-0.2, 0) is 0 Å². The SMILES string of the molecule is CC(C)/C=C/C1(C)CCC(C)C1. The molecule has 0 heteroatoms. The summed E-state index contributed by atoms with van der Waals surface area (Å²) in [5.41, 5.74) is 0.518. The molecule has 0 bridgehead atoms. The lowest BCUT2D eigenvalue weighted by Crippen LogP contribution is -2.07. The Bertz CT molecular complexity index is 167. The lowest BCUT2D eigenvalue weighted by atomic mass is 9.86. The molecule has 12 heavy (non-hydrogen) atoms. The van der Waals surface area contributed by atoms with Crippen LogP contribution < -0.4 is 0 Å². The second kappa shape index (κ2) is 3.64. The van der Waals surface area contributed by atoms with Crippen LogP contribution >= 0.6 is 0 Å². The van der Waals surface area contributed by atoms with Crippen molar-refractivity contribution in [2.24, 2.45) is 17.3 Å². The lowest BCUT2D eigenvalue weighted by molar-refractivity contribution is 0.423. The van der Waals surface area contributed by atoms with Gasteiger partial charge in [0.2, 0.25) is 0 Å². The normalized spacial score (nSPS) is 36.9. The molecule has 70 valence electrons. The summed E-state index contributed by atoms with van der Waals surface area (Å²) in [6, 6.07) is 0. The second-order valence-corrected chi connectivity index (χ2v) is 5.11. The molecular weight excluding hydrogens is 144 g/mol. The minimum Gasteiger partial charge on any atom is -0.0854 e. The van der Waals surface area contributed by atoms with Crippen LogP contribution in [0.3, 0.4) is 0 Å². The maximum atomic E-state index is 2.45. The molecule has 1 aliphatic carbocycles. The van der Waals surface area contributed by atoms with Gasteiger partial charge in [0.05, 0.1) is 0 Å². The van der Waals surface area contributed by atoms with E-state index in [2.05, 4.69) is 39.8 Å². The monoisotopic (exact) mass is 166 g/mol. The summed E-state index contributed by atoms with van der Waals surface area (Å²) in [4.78, 5) is 0. The number of rotatable bonds is 2. The van der Waals surface area contributed by atoms with E-state index in [1.807, 2.05) is 0 Å². The van der Waals surface area contributed by atoms with E-state index in [-0.39, 0.29) is 0 Å². The van der Waals surface area contributed by atoms with Gasteiger partial charge in [-0.2, -0.15) is 0 Å². The summed E-state index contributed by atoms with van der Waals surface area (Å²) >= 11 is 0. The summed E-state index contributed by atoms with van der Waals surface area (Å²) in [7, 11) is 0. The molecule has 0 aromatic carbocycles.